The van der Waals surface area contributed by atoms with Gasteiger partial charge in [0, 0.05) is 23.7 Å². The predicted molar refractivity (Wildman–Crippen MR) is 76.4 cm³/mol. The van der Waals surface area contributed by atoms with Crippen molar-refractivity contribution >= 4 is 0 Å². The molecule has 1 aliphatic carbocycles. The maximum Gasteiger partial charge on any atom is 0.131 e. The van der Waals surface area contributed by atoms with Gasteiger partial charge >= 0.3 is 0 Å². The van der Waals surface area contributed by atoms with Crippen LogP contribution in [0.3, 0.4) is 0 Å². The van der Waals surface area contributed by atoms with Gasteiger partial charge in [-0.25, -0.2) is 13.2 Å². The first-order chi connectivity index (χ1) is 10.0. The zero-order valence-electron chi connectivity index (χ0n) is 11.7. The summed E-state index contributed by atoms with van der Waals surface area (Å²) in [6.07, 6.45) is 2.32. The van der Waals surface area contributed by atoms with Crippen LogP contribution >= 0.6 is 0 Å². The highest BCUT2D eigenvalue weighted by molar-refractivity contribution is 5.65. The Morgan fingerprint density at radius 3 is 2.33 bits per heavy atom. The molecule has 110 valence electrons. The summed E-state index contributed by atoms with van der Waals surface area (Å²) in [4.78, 5) is 0. The van der Waals surface area contributed by atoms with Crippen LogP contribution in [0.2, 0.25) is 0 Å². The lowest BCUT2D eigenvalue weighted by Gasteiger charge is -2.09. The molecule has 2 aromatic rings. The highest BCUT2D eigenvalue weighted by Gasteiger charge is 2.20. The van der Waals surface area contributed by atoms with Gasteiger partial charge in [-0.3, -0.25) is 0 Å². The largest absolute Gasteiger partial charge is 0.310 e. The number of hydrogen-bond donors (Lipinski definition) is 1. The zero-order chi connectivity index (χ0) is 15.0. The summed E-state index contributed by atoms with van der Waals surface area (Å²) in [6.45, 7) is 2.07. The van der Waals surface area contributed by atoms with Gasteiger partial charge in [-0.1, -0.05) is 12.1 Å². The van der Waals surface area contributed by atoms with Gasteiger partial charge in [0.05, 0.1) is 0 Å². The molecule has 2 aromatic carbocycles. The lowest BCUT2D eigenvalue weighted by Crippen LogP contribution is -2.15. The lowest BCUT2D eigenvalue weighted by atomic mass is 10.0. The minimum absolute atomic E-state index is 0.0442. The van der Waals surface area contributed by atoms with Crippen LogP contribution in [0.5, 0.6) is 0 Å². The van der Waals surface area contributed by atoms with Crippen molar-refractivity contribution < 1.29 is 13.2 Å². The fourth-order valence-electron chi connectivity index (χ4n) is 2.29. The standard InChI is InChI=1S/C17H16F3N/c1-10-6-16(19)14(8-15(10)18)13-5-2-11(7-17(13)20)9-21-12-3-4-12/h2,5-8,12,21H,3-4,9H2,1H3. The third kappa shape index (κ3) is 3.10. The van der Waals surface area contributed by atoms with E-state index in [1.807, 2.05) is 0 Å². The molecule has 1 N–H and O–H groups in total. The Morgan fingerprint density at radius 2 is 1.67 bits per heavy atom. The van der Waals surface area contributed by atoms with E-state index in [0.29, 0.717) is 12.6 Å². The molecular formula is C17H16F3N. The van der Waals surface area contributed by atoms with E-state index < -0.39 is 17.5 Å². The molecule has 21 heavy (non-hydrogen) atoms. The fraction of sp³-hybridized carbons (Fsp3) is 0.294. The normalized spacial score (nSPS) is 14.5. The van der Waals surface area contributed by atoms with E-state index in [-0.39, 0.29) is 16.7 Å². The van der Waals surface area contributed by atoms with Crippen LogP contribution < -0.4 is 5.32 Å². The van der Waals surface area contributed by atoms with Gasteiger partial charge in [-0.2, -0.15) is 0 Å². The average molecular weight is 291 g/mol. The zero-order valence-corrected chi connectivity index (χ0v) is 11.7. The van der Waals surface area contributed by atoms with Crippen molar-refractivity contribution in [2.45, 2.75) is 32.4 Å². The van der Waals surface area contributed by atoms with Crippen LogP contribution in [-0.4, -0.2) is 6.04 Å². The summed E-state index contributed by atoms with van der Waals surface area (Å²) < 4.78 is 41.7. The number of nitrogens with one attached hydrogen (secondary N) is 1. The minimum Gasteiger partial charge on any atom is -0.310 e. The Labute approximate surface area is 121 Å². The second kappa shape index (κ2) is 5.53. The first-order valence-electron chi connectivity index (χ1n) is 7.02. The van der Waals surface area contributed by atoms with Gasteiger partial charge in [0.25, 0.3) is 0 Å². The Balaban J connectivity index is 1.89. The molecule has 0 aromatic heterocycles. The second-order valence-corrected chi connectivity index (χ2v) is 5.55. The third-order valence-corrected chi connectivity index (χ3v) is 3.74. The molecule has 1 saturated carbocycles. The van der Waals surface area contributed by atoms with Gasteiger partial charge in [0.1, 0.15) is 17.5 Å². The van der Waals surface area contributed by atoms with E-state index in [0.717, 1.165) is 30.5 Å². The summed E-state index contributed by atoms with van der Waals surface area (Å²) in [5.41, 5.74) is 1.05. The monoisotopic (exact) mass is 291 g/mol. The van der Waals surface area contributed by atoms with Crippen LogP contribution in [-0.2, 0) is 6.54 Å². The van der Waals surface area contributed by atoms with Crippen molar-refractivity contribution in [1.29, 1.82) is 0 Å². The van der Waals surface area contributed by atoms with E-state index in [4.69, 9.17) is 0 Å². The molecule has 1 fully saturated rings. The van der Waals surface area contributed by atoms with Crippen molar-refractivity contribution in [2.24, 2.45) is 0 Å². The SMILES string of the molecule is Cc1cc(F)c(-c2ccc(CNC3CC3)cc2F)cc1F. The molecule has 0 atom stereocenters. The molecule has 0 spiro atoms. The molecule has 3 rings (SSSR count). The van der Waals surface area contributed by atoms with Gasteiger partial charge < -0.3 is 5.32 Å². The molecule has 0 unspecified atom stereocenters. The van der Waals surface area contributed by atoms with Crippen LogP contribution in [0.15, 0.2) is 30.3 Å². The van der Waals surface area contributed by atoms with Crippen LogP contribution in [0.4, 0.5) is 13.2 Å². The van der Waals surface area contributed by atoms with Crippen LogP contribution in [0.25, 0.3) is 11.1 Å². The molecule has 1 aliphatic rings. The van der Waals surface area contributed by atoms with Crippen molar-refractivity contribution in [3.05, 3.63) is 58.9 Å². The number of aryl methyl sites for hydroxylation is 1. The molecule has 0 saturated heterocycles. The van der Waals surface area contributed by atoms with E-state index in [1.54, 1.807) is 6.07 Å². The first-order valence-corrected chi connectivity index (χ1v) is 7.02. The van der Waals surface area contributed by atoms with E-state index in [1.165, 1.54) is 19.1 Å². The van der Waals surface area contributed by atoms with Crippen LogP contribution in [0, 0.1) is 24.4 Å². The molecular weight excluding hydrogens is 275 g/mol. The van der Waals surface area contributed by atoms with E-state index in [2.05, 4.69) is 5.32 Å². The summed E-state index contributed by atoms with van der Waals surface area (Å²) in [7, 11) is 0. The highest BCUT2D eigenvalue weighted by Crippen LogP contribution is 2.28. The summed E-state index contributed by atoms with van der Waals surface area (Å²) in [5.74, 6) is -1.69. The Bertz CT molecular complexity index is 678. The molecule has 0 amide bonds. The van der Waals surface area contributed by atoms with Crippen molar-refractivity contribution in [3.8, 4) is 11.1 Å². The van der Waals surface area contributed by atoms with Gasteiger partial charge in [0.15, 0.2) is 0 Å². The molecule has 4 heteroatoms. The topological polar surface area (TPSA) is 12.0 Å². The maximum absolute atomic E-state index is 14.2. The van der Waals surface area contributed by atoms with Crippen molar-refractivity contribution in [1.82, 2.24) is 5.32 Å². The summed E-state index contributed by atoms with van der Waals surface area (Å²) in [6, 6.07) is 7.30. The molecule has 1 nitrogen and oxygen atoms in total. The number of rotatable bonds is 4. The number of hydrogen-bond acceptors (Lipinski definition) is 1. The Morgan fingerprint density at radius 1 is 0.952 bits per heavy atom. The minimum atomic E-state index is -0.614. The maximum atomic E-state index is 14.2. The van der Waals surface area contributed by atoms with Gasteiger partial charge in [0.2, 0.25) is 0 Å². The fourth-order valence-corrected chi connectivity index (χ4v) is 2.29. The number of benzene rings is 2. The lowest BCUT2D eigenvalue weighted by molar-refractivity contribution is 0.590. The molecule has 0 radical (unpaired) electrons. The summed E-state index contributed by atoms with van der Waals surface area (Å²) in [5, 5.41) is 3.29. The Kier molecular flexibility index (Phi) is 3.72. The van der Waals surface area contributed by atoms with E-state index >= 15 is 0 Å². The van der Waals surface area contributed by atoms with E-state index in [9.17, 15) is 13.2 Å². The quantitative estimate of drug-likeness (QED) is 0.884. The van der Waals surface area contributed by atoms with Gasteiger partial charge in [-0.15, -0.1) is 0 Å². The summed E-state index contributed by atoms with van der Waals surface area (Å²) >= 11 is 0. The third-order valence-electron chi connectivity index (χ3n) is 3.74. The van der Waals surface area contributed by atoms with Crippen molar-refractivity contribution in [2.75, 3.05) is 0 Å². The smallest absolute Gasteiger partial charge is 0.131 e. The molecule has 0 aliphatic heterocycles. The average Bonchev–Trinajstić information content (AvgIpc) is 3.25. The van der Waals surface area contributed by atoms with Gasteiger partial charge in [-0.05, 0) is 49.1 Å². The second-order valence-electron chi connectivity index (χ2n) is 5.55. The highest BCUT2D eigenvalue weighted by atomic mass is 19.1. The molecule has 0 heterocycles. The first kappa shape index (κ1) is 14.1. The van der Waals surface area contributed by atoms with Crippen LogP contribution in [0.1, 0.15) is 24.0 Å². The number of halogens is 3. The predicted octanol–water partition coefficient (Wildman–Crippen LogP) is 4.33. The van der Waals surface area contributed by atoms with Crippen molar-refractivity contribution in [3.63, 3.8) is 0 Å². The Hall–Kier alpha value is -1.81. The molecule has 0 bridgehead atoms.